The molecule has 0 spiro atoms. The van der Waals surface area contributed by atoms with E-state index in [1.165, 1.54) is 12.2 Å². The largest absolute Gasteiger partial charge is 0.397 e. The van der Waals surface area contributed by atoms with E-state index in [-0.39, 0.29) is 5.91 Å². The van der Waals surface area contributed by atoms with Crippen LogP contribution in [-0.4, -0.2) is 42.4 Å². The van der Waals surface area contributed by atoms with Gasteiger partial charge in [0.2, 0.25) is 0 Å². The Labute approximate surface area is 118 Å². The number of nitrogens with zero attached hydrogens (tertiary/aromatic N) is 1. The molecule has 4 nitrogen and oxygen atoms in total. The quantitative estimate of drug-likeness (QED) is 0.833. The predicted molar refractivity (Wildman–Crippen MR) is 82.8 cm³/mol. The molecule has 1 amide bonds. The number of nitrogens with two attached hydrogens (primary N) is 1. The Hall–Kier alpha value is -1.36. The third-order valence-corrected chi connectivity index (χ3v) is 4.44. The summed E-state index contributed by atoms with van der Waals surface area (Å²) in [5.74, 6) is 2.35. The molecule has 1 aliphatic rings. The highest BCUT2D eigenvalue weighted by molar-refractivity contribution is 7.99. The van der Waals surface area contributed by atoms with Gasteiger partial charge in [0.25, 0.3) is 5.91 Å². The first-order chi connectivity index (χ1) is 9.08. The molecule has 2 rings (SSSR count). The van der Waals surface area contributed by atoms with Gasteiger partial charge in [-0.25, -0.2) is 0 Å². The Morgan fingerprint density at radius 2 is 2.26 bits per heavy atom. The summed E-state index contributed by atoms with van der Waals surface area (Å²) in [5, 5.41) is 3.47. The van der Waals surface area contributed by atoms with Crippen molar-refractivity contribution in [1.82, 2.24) is 4.90 Å². The molecule has 3 N–H and O–H groups in total. The van der Waals surface area contributed by atoms with Gasteiger partial charge in [0.15, 0.2) is 0 Å². The van der Waals surface area contributed by atoms with Crippen LogP contribution in [0, 0.1) is 0 Å². The summed E-state index contributed by atoms with van der Waals surface area (Å²) in [7, 11) is 3.51. The first-order valence-corrected chi connectivity index (χ1v) is 7.69. The molecule has 0 saturated carbocycles. The third-order valence-electron chi connectivity index (χ3n) is 3.23. The molecular weight excluding hydrogens is 258 g/mol. The van der Waals surface area contributed by atoms with Crippen LogP contribution < -0.4 is 11.1 Å². The molecule has 1 aromatic rings. The Kier molecular flexibility index (Phi) is 4.58. The van der Waals surface area contributed by atoms with Crippen molar-refractivity contribution in [1.29, 1.82) is 0 Å². The Morgan fingerprint density at radius 3 is 2.89 bits per heavy atom. The predicted octanol–water partition coefficient (Wildman–Crippen LogP) is 2.28. The molecule has 5 heteroatoms. The van der Waals surface area contributed by atoms with Crippen molar-refractivity contribution < 1.29 is 4.79 Å². The van der Waals surface area contributed by atoms with Gasteiger partial charge in [0.1, 0.15) is 0 Å². The SMILES string of the molecule is CN(C)C(=O)c1ccc(N)c(NC2CCCSC2)c1. The number of thioether (sulfide) groups is 1. The van der Waals surface area contributed by atoms with Crippen molar-refractivity contribution in [2.75, 3.05) is 36.7 Å². The summed E-state index contributed by atoms with van der Waals surface area (Å²) in [6, 6.07) is 5.88. The number of hydrogen-bond donors (Lipinski definition) is 2. The molecule has 1 aliphatic heterocycles. The first-order valence-electron chi connectivity index (χ1n) is 6.53. The topological polar surface area (TPSA) is 58.4 Å². The highest BCUT2D eigenvalue weighted by Gasteiger charge is 2.16. The molecule has 104 valence electrons. The molecule has 1 atom stereocenters. The van der Waals surface area contributed by atoms with Gasteiger partial charge >= 0.3 is 0 Å². The second-order valence-corrected chi connectivity index (χ2v) is 6.21. The average molecular weight is 279 g/mol. The van der Waals surface area contributed by atoms with Crippen LogP contribution in [0.1, 0.15) is 23.2 Å². The smallest absolute Gasteiger partial charge is 0.253 e. The monoisotopic (exact) mass is 279 g/mol. The van der Waals surface area contributed by atoms with Crippen molar-refractivity contribution in [2.45, 2.75) is 18.9 Å². The molecule has 0 radical (unpaired) electrons. The van der Waals surface area contributed by atoms with Crippen LogP contribution in [0.4, 0.5) is 11.4 Å². The van der Waals surface area contributed by atoms with Crippen LogP contribution in [0.3, 0.4) is 0 Å². The summed E-state index contributed by atoms with van der Waals surface area (Å²) < 4.78 is 0. The second kappa shape index (κ2) is 6.19. The van der Waals surface area contributed by atoms with Crippen LogP contribution in [0.5, 0.6) is 0 Å². The maximum absolute atomic E-state index is 12.0. The van der Waals surface area contributed by atoms with Crippen molar-refractivity contribution >= 4 is 29.0 Å². The van der Waals surface area contributed by atoms with Gasteiger partial charge in [0, 0.05) is 31.5 Å². The van der Waals surface area contributed by atoms with Gasteiger partial charge in [-0.2, -0.15) is 11.8 Å². The molecule has 1 saturated heterocycles. The van der Waals surface area contributed by atoms with E-state index in [1.807, 2.05) is 17.8 Å². The molecule has 1 unspecified atom stereocenters. The number of hydrogen-bond acceptors (Lipinski definition) is 4. The summed E-state index contributed by atoms with van der Waals surface area (Å²) in [6.45, 7) is 0. The zero-order valence-electron chi connectivity index (χ0n) is 11.5. The highest BCUT2D eigenvalue weighted by atomic mass is 32.2. The van der Waals surface area contributed by atoms with Crippen LogP contribution >= 0.6 is 11.8 Å². The zero-order valence-corrected chi connectivity index (χ0v) is 12.3. The number of carbonyl (C=O) groups excluding carboxylic acids is 1. The van der Waals surface area contributed by atoms with Gasteiger partial charge in [-0.15, -0.1) is 0 Å². The minimum absolute atomic E-state index is 0.000990. The molecule has 1 fully saturated rings. The maximum atomic E-state index is 12.0. The molecule has 0 aliphatic carbocycles. The minimum atomic E-state index is 0.000990. The number of benzene rings is 1. The number of rotatable bonds is 3. The summed E-state index contributed by atoms with van der Waals surface area (Å²) in [5.41, 5.74) is 8.24. The van der Waals surface area contributed by atoms with Gasteiger partial charge in [-0.3, -0.25) is 4.79 Å². The lowest BCUT2D eigenvalue weighted by atomic mass is 10.1. The number of nitrogens with one attached hydrogen (secondary N) is 1. The zero-order chi connectivity index (χ0) is 13.8. The van der Waals surface area contributed by atoms with E-state index in [9.17, 15) is 4.79 Å². The fourth-order valence-electron chi connectivity index (χ4n) is 2.15. The van der Waals surface area contributed by atoms with Gasteiger partial charge < -0.3 is 16.0 Å². The van der Waals surface area contributed by atoms with Crippen molar-refractivity contribution in [3.63, 3.8) is 0 Å². The number of nitrogen functional groups attached to an aromatic ring is 1. The minimum Gasteiger partial charge on any atom is -0.397 e. The van der Waals surface area contributed by atoms with E-state index >= 15 is 0 Å². The Balaban J connectivity index is 2.14. The van der Waals surface area contributed by atoms with E-state index in [4.69, 9.17) is 5.73 Å². The van der Waals surface area contributed by atoms with Crippen LogP contribution in [0.2, 0.25) is 0 Å². The van der Waals surface area contributed by atoms with Gasteiger partial charge in [-0.1, -0.05) is 0 Å². The van der Waals surface area contributed by atoms with Crippen molar-refractivity contribution in [2.24, 2.45) is 0 Å². The molecule has 1 aromatic carbocycles. The lowest BCUT2D eigenvalue weighted by Crippen LogP contribution is -2.27. The first kappa shape index (κ1) is 14.1. The maximum Gasteiger partial charge on any atom is 0.253 e. The molecule has 0 aromatic heterocycles. The number of amides is 1. The Bertz CT molecular complexity index is 456. The van der Waals surface area contributed by atoms with Crippen molar-refractivity contribution in [3.8, 4) is 0 Å². The summed E-state index contributed by atoms with van der Waals surface area (Å²) in [4.78, 5) is 13.5. The standard InChI is InChI=1S/C14H21N3OS/c1-17(2)14(18)10-5-6-12(15)13(8-10)16-11-4-3-7-19-9-11/h5-6,8,11,16H,3-4,7,9,15H2,1-2H3. The van der Waals surface area contributed by atoms with Gasteiger partial charge in [-0.05, 0) is 36.8 Å². The summed E-state index contributed by atoms with van der Waals surface area (Å²) in [6.07, 6.45) is 2.40. The van der Waals surface area contributed by atoms with Crippen LogP contribution in [0.25, 0.3) is 0 Å². The lowest BCUT2D eigenvalue weighted by Gasteiger charge is -2.24. The third kappa shape index (κ3) is 3.56. The van der Waals surface area contributed by atoms with Crippen LogP contribution in [0.15, 0.2) is 18.2 Å². The normalized spacial score (nSPS) is 18.9. The fraction of sp³-hybridized carbons (Fsp3) is 0.500. The molecule has 19 heavy (non-hydrogen) atoms. The van der Waals surface area contributed by atoms with Crippen LogP contribution in [-0.2, 0) is 0 Å². The van der Waals surface area contributed by atoms with E-state index < -0.39 is 0 Å². The van der Waals surface area contributed by atoms with Crippen molar-refractivity contribution in [3.05, 3.63) is 23.8 Å². The Morgan fingerprint density at radius 1 is 1.47 bits per heavy atom. The number of anilines is 2. The molecular formula is C14H21N3OS. The molecule has 1 heterocycles. The summed E-state index contributed by atoms with van der Waals surface area (Å²) >= 11 is 1.97. The van der Waals surface area contributed by atoms with Gasteiger partial charge in [0.05, 0.1) is 11.4 Å². The fourth-order valence-corrected chi connectivity index (χ4v) is 3.22. The van der Waals surface area contributed by atoms with E-state index in [1.54, 1.807) is 31.1 Å². The van der Waals surface area contributed by atoms with E-state index in [0.717, 1.165) is 17.9 Å². The lowest BCUT2D eigenvalue weighted by molar-refractivity contribution is 0.0827. The second-order valence-electron chi connectivity index (χ2n) is 5.06. The van der Waals surface area contributed by atoms with E-state index in [2.05, 4.69) is 5.32 Å². The number of carbonyl (C=O) groups is 1. The molecule has 0 bridgehead atoms. The highest BCUT2D eigenvalue weighted by Crippen LogP contribution is 2.25. The average Bonchev–Trinajstić information content (AvgIpc) is 2.41. The van der Waals surface area contributed by atoms with E-state index in [0.29, 0.717) is 17.3 Å².